The molecule has 2 unspecified atom stereocenters. The number of hydrogen-bond acceptors (Lipinski definition) is 4. The van der Waals surface area contributed by atoms with Crippen LogP contribution in [-0.4, -0.2) is 23.3 Å². The molecule has 2 saturated carbocycles. The summed E-state index contributed by atoms with van der Waals surface area (Å²) >= 11 is 0. The Morgan fingerprint density at radius 1 is 1.12 bits per heavy atom. The van der Waals surface area contributed by atoms with Gasteiger partial charge in [-0.05, 0) is 99.1 Å². The molecule has 1 heterocycles. The largest absolute Gasteiger partial charge is 0.454 e. The number of carbonyl (C=O) groups is 1. The summed E-state index contributed by atoms with van der Waals surface area (Å²) in [4.78, 5) is 12.1. The first-order valence-electron chi connectivity index (χ1n) is 12.2. The van der Waals surface area contributed by atoms with E-state index in [9.17, 15) is 9.90 Å². The number of ketones is 1. The van der Waals surface area contributed by atoms with Gasteiger partial charge < -0.3 is 14.6 Å². The maximum absolute atomic E-state index is 12.1. The Bertz CT molecular complexity index is 1090. The highest BCUT2D eigenvalue weighted by molar-refractivity contribution is 5.93. The summed E-state index contributed by atoms with van der Waals surface area (Å²) in [6.07, 6.45) is 13.0. The van der Waals surface area contributed by atoms with Crippen molar-refractivity contribution < 1.29 is 19.4 Å². The van der Waals surface area contributed by atoms with Crippen LogP contribution < -0.4 is 9.47 Å². The summed E-state index contributed by atoms with van der Waals surface area (Å²) in [7, 11) is 0. The van der Waals surface area contributed by atoms with Crippen molar-refractivity contribution in [1.29, 1.82) is 0 Å². The number of aliphatic hydroxyl groups is 1. The number of benzene rings is 1. The molecule has 1 aromatic rings. The Balaban J connectivity index is 0.000000724. The Morgan fingerprint density at radius 3 is 2.67 bits per heavy atom. The average molecular weight is 447 g/mol. The molecule has 1 aliphatic heterocycles. The van der Waals surface area contributed by atoms with Crippen LogP contribution in [0.15, 0.2) is 41.0 Å². The zero-order valence-corrected chi connectivity index (χ0v) is 19.9. The second-order valence-electron chi connectivity index (χ2n) is 10.7. The molecule has 2 fully saturated rings. The van der Waals surface area contributed by atoms with Crippen molar-refractivity contribution in [3.05, 3.63) is 46.6 Å². The van der Waals surface area contributed by atoms with Crippen molar-refractivity contribution >= 4 is 5.78 Å². The van der Waals surface area contributed by atoms with Gasteiger partial charge in [-0.15, -0.1) is 12.3 Å². The molecule has 0 aromatic heterocycles. The minimum atomic E-state index is -0.638. The standard InChI is InChI=1S/C26H30O4.C3H4/c1-25-13-20(16-4-8-22-23(12-16)30-14-29-22)24-18-7-5-17(27)11-15(18)3-6-19(24)21(25)9-10-26(25,2)28;1-3-2/h4,8,11-12,19-21,28H,3,5-7,9-10,13-14H2,1-2H3;1H,2H3/t19?,20-,21?,25+,26+;/m1./s1. The third-order valence-corrected chi connectivity index (χ3v) is 9.10. The van der Waals surface area contributed by atoms with E-state index in [0.717, 1.165) is 50.0 Å². The predicted octanol–water partition coefficient (Wildman–Crippen LogP) is 5.71. The zero-order chi connectivity index (χ0) is 23.4. The first-order chi connectivity index (χ1) is 15.8. The first kappa shape index (κ1) is 22.3. The fraction of sp³-hybridized carbons (Fsp3) is 0.552. The Labute approximate surface area is 197 Å². The lowest BCUT2D eigenvalue weighted by molar-refractivity contribution is -0.114. The van der Waals surface area contributed by atoms with Crippen LogP contribution in [0.4, 0.5) is 0 Å². The van der Waals surface area contributed by atoms with Gasteiger partial charge in [0, 0.05) is 17.8 Å². The van der Waals surface area contributed by atoms with Crippen LogP contribution in [0.3, 0.4) is 0 Å². The lowest BCUT2D eigenvalue weighted by Gasteiger charge is -2.54. The van der Waals surface area contributed by atoms with E-state index in [1.807, 2.05) is 12.1 Å². The molecular formula is C29H34O4. The van der Waals surface area contributed by atoms with Crippen molar-refractivity contribution in [1.82, 2.24) is 0 Å². The third kappa shape index (κ3) is 3.44. The molecule has 0 saturated heterocycles. The summed E-state index contributed by atoms with van der Waals surface area (Å²) in [6.45, 7) is 6.31. The van der Waals surface area contributed by atoms with Gasteiger partial charge >= 0.3 is 0 Å². The van der Waals surface area contributed by atoms with Crippen molar-refractivity contribution in [2.75, 3.05) is 6.79 Å². The van der Waals surface area contributed by atoms with Gasteiger partial charge in [0.15, 0.2) is 17.3 Å². The van der Waals surface area contributed by atoms with Crippen LogP contribution in [0, 0.1) is 29.6 Å². The predicted molar refractivity (Wildman–Crippen MR) is 128 cm³/mol. The van der Waals surface area contributed by atoms with Gasteiger partial charge in [-0.2, -0.15) is 0 Å². The molecule has 5 atom stereocenters. The van der Waals surface area contributed by atoms with Gasteiger partial charge in [-0.25, -0.2) is 0 Å². The molecule has 33 heavy (non-hydrogen) atoms. The number of carbonyl (C=O) groups excluding carboxylic acids is 1. The maximum atomic E-state index is 12.1. The summed E-state index contributed by atoms with van der Waals surface area (Å²) < 4.78 is 11.2. The van der Waals surface area contributed by atoms with Gasteiger partial charge in [0.2, 0.25) is 6.79 Å². The molecule has 174 valence electrons. The van der Waals surface area contributed by atoms with Crippen LogP contribution in [0.1, 0.15) is 77.2 Å². The van der Waals surface area contributed by atoms with Crippen molar-refractivity contribution in [3.63, 3.8) is 0 Å². The van der Waals surface area contributed by atoms with E-state index in [1.54, 1.807) is 12.5 Å². The van der Waals surface area contributed by atoms with E-state index >= 15 is 0 Å². The SMILES string of the molecule is C#CC.C[C@]1(O)CCC2C3CCC4=CC(=O)CCC4=C3[C@@H](c3ccc4c(c3)OCO4)C[C@@]21C. The zero-order valence-electron chi connectivity index (χ0n) is 19.9. The molecular weight excluding hydrogens is 412 g/mol. The van der Waals surface area contributed by atoms with Crippen molar-refractivity contribution in [2.24, 2.45) is 17.3 Å². The second kappa shape index (κ2) is 8.06. The lowest BCUT2D eigenvalue weighted by atomic mass is 9.51. The van der Waals surface area contributed by atoms with Gasteiger partial charge in [0.25, 0.3) is 0 Å². The maximum Gasteiger partial charge on any atom is 0.231 e. The van der Waals surface area contributed by atoms with Gasteiger partial charge in [0.1, 0.15) is 0 Å². The van der Waals surface area contributed by atoms with Crippen LogP contribution in [0.2, 0.25) is 0 Å². The Morgan fingerprint density at radius 2 is 1.88 bits per heavy atom. The summed E-state index contributed by atoms with van der Waals surface area (Å²) in [5, 5.41) is 11.4. The number of rotatable bonds is 1. The highest BCUT2D eigenvalue weighted by atomic mass is 16.7. The van der Waals surface area contributed by atoms with E-state index in [4.69, 9.17) is 9.47 Å². The lowest BCUT2D eigenvalue weighted by Crippen LogP contribution is -2.50. The molecule has 5 aliphatic rings. The molecule has 1 aromatic carbocycles. The highest BCUT2D eigenvalue weighted by Gasteiger charge is 2.61. The molecule has 0 bridgehead atoms. The summed E-state index contributed by atoms with van der Waals surface area (Å²) in [5.41, 5.74) is 4.79. The fourth-order valence-corrected chi connectivity index (χ4v) is 7.31. The average Bonchev–Trinajstić information content (AvgIpc) is 3.34. The molecule has 4 nitrogen and oxygen atoms in total. The number of hydrogen-bond donors (Lipinski definition) is 1. The topological polar surface area (TPSA) is 55.8 Å². The number of allylic oxidation sites excluding steroid dienone is 4. The minimum absolute atomic E-state index is 0.103. The summed E-state index contributed by atoms with van der Waals surface area (Å²) in [5.74, 6) is 5.42. The molecule has 0 amide bonds. The third-order valence-electron chi connectivity index (χ3n) is 9.10. The smallest absolute Gasteiger partial charge is 0.231 e. The molecule has 4 heteroatoms. The van der Waals surface area contributed by atoms with Crippen LogP contribution in [0.5, 0.6) is 11.5 Å². The van der Waals surface area contributed by atoms with Gasteiger partial charge in [0.05, 0.1) is 5.60 Å². The van der Waals surface area contributed by atoms with Crippen LogP contribution in [0.25, 0.3) is 0 Å². The molecule has 0 radical (unpaired) electrons. The van der Waals surface area contributed by atoms with Crippen LogP contribution >= 0.6 is 0 Å². The molecule has 0 spiro atoms. The highest BCUT2D eigenvalue weighted by Crippen LogP contribution is 2.66. The van der Waals surface area contributed by atoms with Gasteiger partial charge in [-0.3, -0.25) is 4.79 Å². The molecule has 4 aliphatic carbocycles. The molecule has 1 N–H and O–H groups in total. The van der Waals surface area contributed by atoms with E-state index < -0.39 is 5.60 Å². The van der Waals surface area contributed by atoms with E-state index in [-0.39, 0.29) is 23.9 Å². The van der Waals surface area contributed by atoms with E-state index in [1.165, 1.54) is 16.7 Å². The van der Waals surface area contributed by atoms with Crippen molar-refractivity contribution in [2.45, 2.75) is 77.2 Å². The van der Waals surface area contributed by atoms with E-state index in [0.29, 0.717) is 18.3 Å². The normalized spacial score (nSPS) is 36.0. The first-order valence-corrected chi connectivity index (χ1v) is 12.2. The second-order valence-corrected chi connectivity index (χ2v) is 10.7. The monoisotopic (exact) mass is 446 g/mol. The Hall–Kier alpha value is -2.51. The number of ether oxygens (including phenoxy) is 2. The van der Waals surface area contributed by atoms with Gasteiger partial charge in [-0.1, -0.05) is 18.6 Å². The minimum Gasteiger partial charge on any atom is -0.454 e. The Kier molecular flexibility index (Phi) is 5.45. The van der Waals surface area contributed by atoms with Crippen molar-refractivity contribution in [3.8, 4) is 23.8 Å². The fourth-order valence-electron chi connectivity index (χ4n) is 7.31. The quantitative estimate of drug-likeness (QED) is 0.562. The molecule has 6 rings (SSSR count). The summed E-state index contributed by atoms with van der Waals surface area (Å²) in [6, 6.07) is 6.36. The van der Waals surface area contributed by atoms with E-state index in [2.05, 4.69) is 38.3 Å². The van der Waals surface area contributed by atoms with Crippen LogP contribution in [-0.2, 0) is 4.79 Å². The number of terminal acetylenes is 1. The number of fused-ring (bicyclic) bond motifs is 5.